The fourth-order valence-electron chi connectivity index (χ4n) is 1.55. The molecule has 0 spiro atoms. The highest BCUT2D eigenvalue weighted by Crippen LogP contribution is 2.31. The number of nitrogens with zero attached hydrogens (tertiary/aromatic N) is 2. The topological polar surface area (TPSA) is 75.4 Å². The van der Waals surface area contributed by atoms with Crippen LogP contribution in [0.4, 0.5) is 0 Å². The first-order chi connectivity index (χ1) is 7.99. The van der Waals surface area contributed by atoms with Gasteiger partial charge in [0.15, 0.2) is 5.69 Å². The van der Waals surface area contributed by atoms with Crippen molar-refractivity contribution in [1.29, 1.82) is 0 Å². The number of aryl methyl sites for hydroxylation is 1. The summed E-state index contributed by atoms with van der Waals surface area (Å²) in [6, 6.07) is 6.01. The Hall–Kier alpha value is -2.01. The average molecular weight is 253 g/mol. The Morgan fingerprint density at radius 1 is 1.41 bits per heavy atom. The van der Waals surface area contributed by atoms with Crippen molar-refractivity contribution >= 4 is 17.6 Å². The van der Waals surface area contributed by atoms with Gasteiger partial charge in [-0.3, -0.25) is 4.68 Å². The van der Waals surface area contributed by atoms with E-state index in [1.165, 1.54) is 16.8 Å². The lowest BCUT2D eigenvalue weighted by atomic mass is 10.1. The van der Waals surface area contributed by atoms with E-state index in [4.69, 9.17) is 16.7 Å². The molecule has 2 N–H and O–H groups in total. The summed E-state index contributed by atoms with van der Waals surface area (Å²) in [7, 11) is 1.61. The van der Waals surface area contributed by atoms with Gasteiger partial charge in [-0.25, -0.2) is 4.79 Å². The van der Waals surface area contributed by atoms with Crippen molar-refractivity contribution in [3.05, 3.63) is 35.0 Å². The maximum absolute atomic E-state index is 10.8. The van der Waals surface area contributed by atoms with Gasteiger partial charge in [-0.05, 0) is 24.3 Å². The minimum absolute atomic E-state index is 0.0163. The van der Waals surface area contributed by atoms with Gasteiger partial charge in [-0.15, -0.1) is 0 Å². The molecule has 0 bridgehead atoms. The molecule has 1 aromatic carbocycles. The van der Waals surface area contributed by atoms with Crippen LogP contribution in [0.1, 0.15) is 10.5 Å². The zero-order valence-corrected chi connectivity index (χ0v) is 9.64. The summed E-state index contributed by atoms with van der Waals surface area (Å²) >= 11 is 5.72. The molecule has 0 aliphatic heterocycles. The number of phenolic OH excluding ortho intramolecular Hbond substituents is 1. The molecule has 0 saturated heterocycles. The van der Waals surface area contributed by atoms with E-state index in [-0.39, 0.29) is 11.4 Å². The first-order valence-corrected chi connectivity index (χ1v) is 5.13. The van der Waals surface area contributed by atoms with Crippen LogP contribution in [-0.2, 0) is 7.05 Å². The first kappa shape index (κ1) is 11.5. The molecule has 2 aromatic rings. The number of phenols is 1. The van der Waals surface area contributed by atoms with Crippen molar-refractivity contribution in [1.82, 2.24) is 9.78 Å². The number of halogens is 1. The monoisotopic (exact) mass is 252 g/mol. The molecular weight excluding hydrogens is 244 g/mol. The molecule has 5 nitrogen and oxygen atoms in total. The van der Waals surface area contributed by atoms with Crippen molar-refractivity contribution in [2.45, 2.75) is 0 Å². The van der Waals surface area contributed by atoms with E-state index < -0.39 is 5.97 Å². The first-order valence-electron chi connectivity index (χ1n) is 4.75. The van der Waals surface area contributed by atoms with Crippen LogP contribution in [0.15, 0.2) is 24.3 Å². The Labute approximate surface area is 102 Å². The van der Waals surface area contributed by atoms with Gasteiger partial charge in [0.05, 0.1) is 5.69 Å². The lowest BCUT2D eigenvalue weighted by Crippen LogP contribution is -1.99. The van der Waals surface area contributed by atoms with E-state index >= 15 is 0 Å². The summed E-state index contributed by atoms with van der Waals surface area (Å²) in [4.78, 5) is 10.8. The van der Waals surface area contributed by atoms with Crippen LogP contribution < -0.4 is 0 Å². The summed E-state index contributed by atoms with van der Waals surface area (Å²) < 4.78 is 1.40. The van der Waals surface area contributed by atoms with Gasteiger partial charge in [-0.1, -0.05) is 11.6 Å². The van der Waals surface area contributed by atoms with Crippen LogP contribution in [-0.4, -0.2) is 26.0 Å². The Kier molecular flexibility index (Phi) is 2.77. The summed E-state index contributed by atoms with van der Waals surface area (Å²) in [5.74, 6) is -1.13. The van der Waals surface area contributed by atoms with Crippen LogP contribution in [0.5, 0.6) is 5.75 Å². The molecule has 2 rings (SSSR count). The number of aromatic hydroxyl groups is 1. The minimum Gasteiger partial charge on any atom is -0.507 e. The predicted octanol–water partition coefficient (Wildman–Crippen LogP) is 2.14. The lowest BCUT2D eigenvalue weighted by Gasteiger charge is -2.04. The highest BCUT2D eigenvalue weighted by Gasteiger charge is 2.15. The summed E-state index contributed by atoms with van der Waals surface area (Å²) in [5.41, 5.74) is 0.922. The fraction of sp³-hybridized carbons (Fsp3) is 0.0909. The largest absolute Gasteiger partial charge is 0.507 e. The van der Waals surface area contributed by atoms with Crippen LogP contribution in [0.3, 0.4) is 0 Å². The van der Waals surface area contributed by atoms with Crippen molar-refractivity contribution in [2.24, 2.45) is 7.05 Å². The van der Waals surface area contributed by atoms with Crippen molar-refractivity contribution < 1.29 is 15.0 Å². The normalized spacial score (nSPS) is 10.5. The molecule has 0 atom stereocenters. The molecule has 0 radical (unpaired) electrons. The Balaban J connectivity index is 2.56. The van der Waals surface area contributed by atoms with Crippen molar-refractivity contribution in [3.8, 4) is 17.0 Å². The number of aromatic nitrogens is 2. The third-order valence-electron chi connectivity index (χ3n) is 2.33. The second-order valence-corrected chi connectivity index (χ2v) is 3.94. The number of rotatable bonds is 2. The van der Waals surface area contributed by atoms with Crippen LogP contribution in [0.25, 0.3) is 11.3 Å². The maximum atomic E-state index is 10.8. The number of hydrogen-bond donors (Lipinski definition) is 2. The molecule has 17 heavy (non-hydrogen) atoms. The van der Waals surface area contributed by atoms with Gasteiger partial charge in [0, 0.05) is 17.6 Å². The molecule has 1 aromatic heterocycles. The summed E-state index contributed by atoms with van der Waals surface area (Å²) in [5, 5.41) is 22.8. The predicted molar refractivity (Wildman–Crippen MR) is 62.3 cm³/mol. The van der Waals surface area contributed by atoms with E-state index in [0.29, 0.717) is 16.3 Å². The molecular formula is C11H9ClN2O3. The molecule has 1 heterocycles. The Morgan fingerprint density at radius 3 is 2.65 bits per heavy atom. The van der Waals surface area contributed by atoms with Gasteiger partial charge in [0.25, 0.3) is 0 Å². The van der Waals surface area contributed by atoms with Gasteiger partial charge >= 0.3 is 5.97 Å². The highest BCUT2D eigenvalue weighted by atomic mass is 35.5. The number of hydrogen-bond acceptors (Lipinski definition) is 3. The van der Waals surface area contributed by atoms with Crippen molar-refractivity contribution in [2.75, 3.05) is 0 Å². The minimum atomic E-state index is -1.11. The third kappa shape index (κ3) is 2.09. The zero-order valence-electron chi connectivity index (χ0n) is 8.88. The molecule has 0 saturated carbocycles. The summed E-state index contributed by atoms with van der Waals surface area (Å²) in [6.45, 7) is 0. The van der Waals surface area contributed by atoms with E-state index in [9.17, 15) is 9.90 Å². The molecule has 0 aliphatic rings. The van der Waals surface area contributed by atoms with Crippen molar-refractivity contribution in [3.63, 3.8) is 0 Å². The number of aromatic carboxylic acids is 1. The van der Waals surface area contributed by atoms with E-state index in [1.807, 2.05) is 0 Å². The molecule has 0 aliphatic carbocycles. The number of benzene rings is 1. The maximum Gasteiger partial charge on any atom is 0.356 e. The zero-order chi connectivity index (χ0) is 12.6. The fourth-order valence-corrected chi connectivity index (χ4v) is 1.71. The molecule has 0 unspecified atom stereocenters. The third-order valence-corrected chi connectivity index (χ3v) is 2.57. The number of carbonyl (C=O) groups is 1. The number of carboxylic acids is 1. The lowest BCUT2D eigenvalue weighted by molar-refractivity contribution is 0.0689. The van der Waals surface area contributed by atoms with Gasteiger partial charge in [0.1, 0.15) is 5.75 Å². The molecule has 0 amide bonds. The quantitative estimate of drug-likeness (QED) is 0.859. The Morgan fingerprint density at radius 2 is 2.12 bits per heavy atom. The molecule has 0 fully saturated rings. The van der Waals surface area contributed by atoms with Gasteiger partial charge in [0.2, 0.25) is 0 Å². The van der Waals surface area contributed by atoms with E-state index in [0.717, 1.165) is 0 Å². The van der Waals surface area contributed by atoms with Crippen LogP contribution in [0.2, 0.25) is 5.02 Å². The van der Waals surface area contributed by atoms with E-state index in [2.05, 4.69) is 5.10 Å². The molecule has 6 heteroatoms. The second-order valence-electron chi connectivity index (χ2n) is 3.51. The SMILES string of the molecule is Cn1nc(C(=O)O)cc1-c1ccc(Cl)cc1O. The molecule has 88 valence electrons. The smallest absolute Gasteiger partial charge is 0.356 e. The average Bonchev–Trinajstić information content (AvgIpc) is 2.61. The second kappa shape index (κ2) is 4.10. The standard InChI is InChI=1S/C11H9ClN2O3/c1-14-9(5-8(13-14)11(16)17)7-3-2-6(12)4-10(7)15/h2-5,15H,1H3,(H,16,17). The van der Waals surface area contributed by atoms with Crippen LogP contribution in [0, 0.1) is 0 Å². The summed E-state index contributed by atoms with van der Waals surface area (Å²) in [6.07, 6.45) is 0. The van der Waals surface area contributed by atoms with Gasteiger partial charge in [-0.2, -0.15) is 5.10 Å². The number of carboxylic acid groups (broad SMARTS) is 1. The van der Waals surface area contributed by atoms with Gasteiger partial charge < -0.3 is 10.2 Å². The van der Waals surface area contributed by atoms with Crippen LogP contribution >= 0.6 is 11.6 Å². The Bertz CT molecular complexity index is 592. The highest BCUT2D eigenvalue weighted by molar-refractivity contribution is 6.30. The van der Waals surface area contributed by atoms with E-state index in [1.54, 1.807) is 19.2 Å².